The van der Waals surface area contributed by atoms with Gasteiger partial charge in [0.05, 0.1) is 15.6 Å². The third-order valence-corrected chi connectivity index (χ3v) is 5.68. The van der Waals surface area contributed by atoms with Crippen molar-refractivity contribution < 1.29 is 13.2 Å². The average Bonchev–Trinajstić information content (AvgIpc) is 2.97. The van der Waals surface area contributed by atoms with Crippen LogP contribution in [0.3, 0.4) is 0 Å². The molecule has 0 spiro atoms. The SMILES string of the molecule is CS(=O)(=O)c1ccc(Cl)c(NC(=O)C2CC3CC3C2)c1. The van der Waals surface area contributed by atoms with Crippen molar-refractivity contribution in [2.75, 3.05) is 11.6 Å². The summed E-state index contributed by atoms with van der Waals surface area (Å²) in [4.78, 5) is 12.3. The predicted molar refractivity (Wildman–Crippen MR) is 77.5 cm³/mol. The van der Waals surface area contributed by atoms with E-state index in [1.54, 1.807) is 0 Å². The van der Waals surface area contributed by atoms with Crippen molar-refractivity contribution in [3.8, 4) is 0 Å². The van der Waals surface area contributed by atoms with Crippen LogP contribution in [0.5, 0.6) is 0 Å². The van der Waals surface area contributed by atoms with E-state index < -0.39 is 9.84 Å². The first-order chi connectivity index (χ1) is 9.34. The van der Waals surface area contributed by atoms with E-state index in [-0.39, 0.29) is 16.7 Å². The maximum absolute atomic E-state index is 12.2. The molecule has 108 valence electrons. The zero-order valence-corrected chi connectivity index (χ0v) is 12.7. The second-order valence-corrected chi connectivity index (χ2v) is 8.25. The monoisotopic (exact) mass is 313 g/mol. The Kier molecular flexibility index (Phi) is 3.29. The Labute approximate surface area is 123 Å². The lowest BCUT2D eigenvalue weighted by atomic mass is 10.0. The summed E-state index contributed by atoms with van der Waals surface area (Å²) in [5.74, 6) is 1.44. The maximum atomic E-state index is 12.2. The smallest absolute Gasteiger partial charge is 0.227 e. The molecular weight excluding hydrogens is 298 g/mol. The molecule has 1 N–H and O–H groups in total. The minimum Gasteiger partial charge on any atom is -0.324 e. The zero-order chi connectivity index (χ0) is 14.5. The topological polar surface area (TPSA) is 63.2 Å². The molecule has 0 aliphatic heterocycles. The highest BCUT2D eigenvalue weighted by atomic mass is 35.5. The van der Waals surface area contributed by atoms with Gasteiger partial charge < -0.3 is 5.32 Å². The molecule has 3 rings (SSSR count). The van der Waals surface area contributed by atoms with Gasteiger partial charge in [-0.1, -0.05) is 11.6 Å². The fourth-order valence-corrected chi connectivity index (χ4v) is 3.81. The molecule has 2 saturated carbocycles. The molecule has 2 unspecified atom stereocenters. The predicted octanol–water partition coefficient (Wildman–Crippen LogP) is 2.73. The van der Waals surface area contributed by atoms with E-state index in [4.69, 9.17) is 11.6 Å². The summed E-state index contributed by atoms with van der Waals surface area (Å²) in [6.07, 6.45) is 4.28. The molecule has 1 aromatic carbocycles. The third-order valence-electron chi connectivity index (χ3n) is 4.24. The number of sulfone groups is 1. The van der Waals surface area contributed by atoms with Gasteiger partial charge in [0.15, 0.2) is 9.84 Å². The molecule has 0 bridgehead atoms. The number of anilines is 1. The lowest BCUT2D eigenvalue weighted by molar-refractivity contribution is -0.120. The number of carbonyl (C=O) groups is 1. The molecule has 0 radical (unpaired) electrons. The van der Waals surface area contributed by atoms with Gasteiger partial charge in [-0.05, 0) is 49.3 Å². The molecule has 0 saturated heterocycles. The Hall–Kier alpha value is -1.07. The summed E-state index contributed by atoms with van der Waals surface area (Å²) in [6.45, 7) is 0. The number of hydrogen-bond donors (Lipinski definition) is 1. The van der Waals surface area contributed by atoms with Gasteiger partial charge in [-0.25, -0.2) is 8.42 Å². The van der Waals surface area contributed by atoms with Crippen LogP contribution in [0.4, 0.5) is 5.69 Å². The van der Waals surface area contributed by atoms with Crippen molar-refractivity contribution in [2.45, 2.75) is 24.2 Å². The standard InChI is InChI=1S/C14H16ClNO3S/c1-20(18,19)11-2-3-12(15)13(7-11)16-14(17)10-5-8-4-9(8)6-10/h2-3,7-10H,4-6H2,1H3,(H,16,17). The van der Waals surface area contributed by atoms with Crippen LogP contribution in [0.2, 0.25) is 5.02 Å². The Morgan fingerprint density at radius 2 is 1.90 bits per heavy atom. The fraction of sp³-hybridized carbons (Fsp3) is 0.500. The lowest BCUT2D eigenvalue weighted by Gasteiger charge is -2.14. The van der Waals surface area contributed by atoms with Gasteiger partial charge in [0, 0.05) is 12.2 Å². The van der Waals surface area contributed by atoms with E-state index in [0.29, 0.717) is 10.7 Å². The summed E-state index contributed by atoms with van der Waals surface area (Å²) >= 11 is 6.02. The molecule has 4 nitrogen and oxygen atoms in total. The average molecular weight is 314 g/mol. The van der Waals surface area contributed by atoms with E-state index in [9.17, 15) is 13.2 Å². The van der Waals surface area contributed by atoms with Crippen LogP contribution >= 0.6 is 11.6 Å². The summed E-state index contributed by atoms with van der Waals surface area (Å²) in [6, 6.07) is 4.36. The minimum atomic E-state index is -3.31. The molecule has 6 heteroatoms. The molecule has 2 aliphatic carbocycles. The molecule has 2 fully saturated rings. The van der Waals surface area contributed by atoms with Crippen LogP contribution < -0.4 is 5.32 Å². The van der Waals surface area contributed by atoms with Crippen molar-refractivity contribution in [3.05, 3.63) is 23.2 Å². The van der Waals surface area contributed by atoms with Gasteiger partial charge in [-0.15, -0.1) is 0 Å². The van der Waals surface area contributed by atoms with Gasteiger partial charge in [0.1, 0.15) is 0 Å². The third kappa shape index (κ3) is 2.69. The molecule has 20 heavy (non-hydrogen) atoms. The van der Waals surface area contributed by atoms with Gasteiger partial charge in [0.25, 0.3) is 0 Å². The van der Waals surface area contributed by atoms with Crippen LogP contribution in [-0.4, -0.2) is 20.6 Å². The molecule has 2 atom stereocenters. The van der Waals surface area contributed by atoms with Gasteiger partial charge in [0.2, 0.25) is 5.91 Å². The molecule has 1 aromatic rings. The lowest BCUT2D eigenvalue weighted by Crippen LogP contribution is -2.22. The van der Waals surface area contributed by atoms with E-state index in [0.717, 1.165) is 30.9 Å². The molecule has 0 aromatic heterocycles. The van der Waals surface area contributed by atoms with E-state index in [1.165, 1.54) is 24.6 Å². The van der Waals surface area contributed by atoms with Gasteiger partial charge in [-0.2, -0.15) is 0 Å². The van der Waals surface area contributed by atoms with Crippen molar-refractivity contribution in [3.63, 3.8) is 0 Å². The van der Waals surface area contributed by atoms with E-state index >= 15 is 0 Å². The molecule has 2 aliphatic rings. The summed E-state index contributed by atoms with van der Waals surface area (Å²) in [7, 11) is -3.31. The quantitative estimate of drug-likeness (QED) is 0.933. The second kappa shape index (κ2) is 4.74. The first-order valence-electron chi connectivity index (χ1n) is 6.65. The number of halogens is 1. The largest absolute Gasteiger partial charge is 0.324 e. The Morgan fingerprint density at radius 1 is 1.25 bits per heavy atom. The zero-order valence-electron chi connectivity index (χ0n) is 11.1. The highest BCUT2D eigenvalue weighted by Crippen LogP contribution is 2.54. The maximum Gasteiger partial charge on any atom is 0.227 e. The van der Waals surface area contributed by atoms with Crippen LogP contribution in [0.25, 0.3) is 0 Å². The fourth-order valence-electron chi connectivity index (χ4n) is 2.99. The first-order valence-corrected chi connectivity index (χ1v) is 8.92. The van der Waals surface area contributed by atoms with Crippen molar-refractivity contribution in [1.29, 1.82) is 0 Å². The van der Waals surface area contributed by atoms with Crippen LogP contribution in [0, 0.1) is 17.8 Å². The Bertz CT molecular complexity index is 661. The van der Waals surface area contributed by atoms with Crippen LogP contribution in [0.15, 0.2) is 23.1 Å². The van der Waals surface area contributed by atoms with Crippen molar-refractivity contribution >= 4 is 33.0 Å². The van der Waals surface area contributed by atoms with Crippen molar-refractivity contribution in [2.24, 2.45) is 17.8 Å². The summed E-state index contributed by atoms with van der Waals surface area (Å²) < 4.78 is 23.1. The van der Waals surface area contributed by atoms with Gasteiger partial charge in [-0.3, -0.25) is 4.79 Å². The number of amides is 1. The van der Waals surface area contributed by atoms with E-state index in [1.807, 2.05) is 0 Å². The highest BCUT2D eigenvalue weighted by Gasteiger charge is 2.48. The normalized spacial score (nSPS) is 28.0. The highest BCUT2D eigenvalue weighted by molar-refractivity contribution is 7.90. The second-order valence-electron chi connectivity index (χ2n) is 5.83. The van der Waals surface area contributed by atoms with Crippen LogP contribution in [-0.2, 0) is 14.6 Å². The number of rotatable bonds is 3. The Balaban J connectivity index is 1.77. The number of fused-ring (bicyclic) bond motifs is 1. The first kappa shape index (κ1) is 13.9. The molecule has 1 amide bonds. The number of hydrogen-bond acceptors (Lipinski definition) is 3. The summed E-state index contributed by atoms with van der Waals surface area (Å²) in [5.41, 5.74) is 0.375. The molecular formula is C14H16ClNO3S. The number of nitrogens with one attached hydrogen (secondary N) is 1. The number of benzene rings is 1. The minimum absolute atomic E-state index is 0.0386. The van der Waals surface area contributed by atoms with E-state index in [2.05, 4.69) is 5.32 Å². The summed E-state index contributed by atoms with van der Waals surface area (Å²) in [5, 5.41) is 3.13. The van der Waals surface area contributed by atoms with Gasteiger partial charge >= 0.3 is 0 Å². The van der Waals surface area contributed by atoms with Crippen LogP contribution in [0.1, 0.15) is 19.3 Å². The number of carbonyl (C=O) groups excluding carboxylic acids is 1. The Morgan fingerprint density at radius 3 is 2.50 bits per heavy atom. The van der Waals surface area contributed by atoms with Crippen molar-refractivity contribution in [1.82, 2.24) is 0 Å². The molecule has 0 heterocycles.